The first kappa shape index (κ1) is 20.3. The van der Waals surface area contributed by atoms with Crippen LogP contribution in [0.1, 0.15) is 33.6 Å². The van der Waals surface area contributed by atoms with E-state index in [2.05, 4.69) is 15.5 Å². The van der Waals surface area contributed by atoms with Crippen molar-refractivity contribution in [2.75, 3.05) is 50.9 Å². The molecule has 1 unspecified atom stereocenters. The molecule has 0 aromatic rings. The van der Waals surface area contributed by atoms with Gasteiger partial charge in [0.1, 0.15) is 5.60 Å². The smallest absolute Gasteiger partial charge is 0.407 e. The first-order chi connectivity index (χ1) is 11.8. The molecule has 2 aliphatic heterocycles. The van der Waals surface area contributed by atoms with E-state index in [1.165, 1.54) is 0 Å². The van der Waals surface area contributed by atoms with Gasteiger partial charge in [0.05, 0.1) is 13.2 Å². The molecule has 0 aliphatic carbocycles. The summed E-state index contributed by atoms with van der Waals surface area (Å²) in [5.74, 6) is 2.14. The van der Waals surface area contributed by atoms with Crippen molar-refractivity contribution >= 4 is 23.8 Å². The molecule has 2 heterocycles. The Balaban J connectivity index is 1.71. The summed E-state index contributed by atoms with van der Waals surface area (Å²) in [5.41, 5.74) is -0.486. The number of thioether (sulfide) groups is 1. The Morgan fingerprint density at radius 1 is 1.24 bits per heavy atom. The molecule has 25 heavy (non-hydrogen) atoms. The van der Waals surface area contributed by atoms with Gasteiger partial charge in [-0.1, -0.05) is 0 Å². The van der Waals surface area contributed by atoms with Gasteiger partial charge in [-0.2, -0.15) is 11.8 Å². The van der Waals surface area contributed by atoms with Crippen molar-refractivity contribution in [2.45, 2.75) is 44.8 Å². The molecule has 2 amide bonds. The highest BCUT2D eigenvalue weighted by molar-refractivity contribution is 7.99. The highest BCUT2D eigenvalue weighted by atomic mass is 32.2. The number of nitrogens with one attached hydrogen (secondary N) is 2. The summed E-state index contributed by atoms with van der Waals surface area (Å²) in [5, 5.41) is 5.68. The molecule has 0 saturated carbocycles. The van der Waals surface area contributed by atoms with Gasteiger partial charge in [0.2, 0.25) is 5.91 Å². The topological polar surface area (TPSA) is 79.9 Å². The number of rotatable bonds is 6. The number of carbonyl (C=O) groups excluding carboxylic acids is 2. The van der Waals surface area contributed by atoms with E-state index in [9.17, 15) is 9.59 Å². The molecule has 144 valence electrons. The Labute approximate surface area is 154 Å². The van der Waals surface area contributed by atoms with Crippen molar-refractivity contribution in [2.24, 2.45) is 0 Å². The molecule has 0 radical (unpaired) electrons. The van der Waals surface area contributed by atoms with Crippen LogP contribution in [0.2, 0.25) is 0 Å². The van der Waals surface area contributed by atoms with Crippen LogP contribution in [0.3, 0.4) is 0 Å². The summed E-state index contributed by atoms with van der Waals surface area (Å²) in [6.07, 6.45) is 0.858. The minimum atomic E-state index is -0.531. The van der Waals surface area contributed by atoms with Crippen LogP contribution in [0, 0.1) is 0 Å². The van der Waals surface area contributed by atoms with Gasteiger partial charge in [-0.05, 0) is 32.9 Å². The second-order valence-electron chi connectivity index (χ2n) is 7.58. The summed E-state index contributed by atoms with van der Waals surface area (Å²) in [4.78, 5) is 26.2. The number of morpholine rings is 1. The van der Waals surface area contributed by atoms with Gasteiger partial charge in [0, 0.05) is 43.9 Å². The number of carbonyl (C=O) groups is 2. The molecule has 7 nitrogen and oxygen atoms in total. The summed E-state index contributed by atoms with van der Waals surface area (Å²) < 4.78 is 10.6. The Bertz CT molecular complexity index is 455. The van der Waals surface area contributed by atoms with Gasteiger partial charge in [-0.25, -0.2) is 4.79 Å². The lowest BCUT2D eigenvalue weighted by Gasteiger charge is -2.43. The fourth-order valence-corrected chi connectivity index (χ4v) is 4.56. The molecule has 2 N–H and O–H groups in total. The predicted octanol–water partition coefficient (Wildman–Crippen LogP) is 1.23. The van der Waals surface area contributed by atoms with Crippen LogP contribution in [-0.4, -0.2) is 78.9 Å². The lowest BCUT2D eigenvalue weighted by Crippen LogP contribution is -2.59. The third-order valence-electron chi connectivity index (χ3n) is 4.40. The van der Waals surface area contributed by atoms with E-state index in [0.717, 1.165) is 44.2 Å². The molecule has 0 spiro atoms. The maximum atomic E-state index is 12.1. The number of alkyl carbamates (subject to hydrolysis) is 1. The van der Waals surface area contributed by atoms with E-state index in [0.29, 0.717) is 6.54 Å². The van der Waals surface area contributed by atoms with Gasteiger partial charge >= 0.3 is 6.09 Å². The van der Waals surface area contributed by atoms with Crippen molar-refractivity contribution in [3.05, 3.63) is 0 Å². The maximum Gasteiger partial charge on any atom is 0.407 e. The third-order valence-corrected chi connectivity index (χ3v) is 5.63. The number of hydrogen-bond donors (Lipinski definition) is 2. The minimum Gasteiger partial charge on any atom is -0.444 e. The zero-order valence-electron chi connectivity index (χ0n) is 15.6. The van der Waals surface area contributed by atoms with Crippen molar-refractivity contribution in [3.8, 4) is 0 Å². The number of hydrogen-bond acceptors (Lipinski definition) is 6. The Hall–Kier alpha value is -0.990. The molecule has 0 aromatic heterocycles. The lowest BCUT2D eigenvalue weighted by atomic mass is 9.95. The average Bonchev–Trinajstić information content (AvgIpc) is 3.02. The largest absolute Gasteiger partial charge is 0.444 e. The van der Waals surface area contributed by atoms with E-state index in [1.54, 1.807) is 0 Å². The number of ether oxygens (including phenoxy) is 2. The summed E-state index contributed by atoms with van der Waals surface area (Å²) in [6.45, 7) is 9.75. The molecular formula is C17H31N3O4S. The number of amides is 2. The lowest BCUT2D eigenvalue weighted by molar-refractivity contribution is -0.121. The summed E-state index contributed by atoms with van der Waals surface area (Å²) in [7, 11) is 0. The SMILES string of the molecule is CC(C)(C)OC(=O)NCCC(=O)NCC1(N2CCOCC2)CCSC1. The standard InChI is InChI=1S/C17H31N3O4S/c1-16(2,3)24-15(22)18-6-4-14(21)19-12-17(5-11-25-13-17)20-7-9-23-10-8-20/h4-13H2,1-3H3,(H,18,22)(H,19,21). The Morgan fingerprint density at radius 3 is 2.56 bits per heavy atom. The van der Waals surface area contributed by atoms with Crippen molar-refractivity contribution < 1.29 is 19.1 Å². The van der Waals surface area contributed by atoms with Gasteiger partial charge in [0.25, 0.3) is 0 Å². The minimum absolute atomic E-state index is 0.0411. The summed E-state index contributed by atoms with van der Waals surface area (Å²) >= 11 is 1.95. The molecule has 8 heteroatoms. The van der Waals surface area contributed by atoms with Gasteiger partial charge in [-0.3, -0.25) is 9.69 Å². The molecule has 2 aliphatic rings. The Kier molecular flexibility index (Phi) is 7.39. The molecule has 0 aromatic carbocycles. The zero-order valence-corrected chi connectivity index (χ0v) is 16.4. The van der Waals surface area contributed by atoms with Crippen molar-refractivity contribution in [1.29, 1.82) is 0 Å². The molecule has 2 rings (SSSR count). The summed E-state index contributed by atoms with van der Waals surface area (Å²) in [6, 6.07) is 0. The van der Waals surface area contributed by atoms with E-state index < -0.39 is 11.7 Å². The third kappa shape index (κ3) is 6.67. The molecule has 2 fully saturated rings. The monoisotopic (exact) mass is 373 g/mol. The quantitative estimate of drug-likeness (QED) is 0.729. The van der Waals surface area contributed by atoms with E-state index >= 15 is 0 Å². The van der Waals surface area contributed by atoms with E-state index in [1.807, 2.05) is 32.5 Å². The Morgan fingerprint density at radius 2 is 1.96 bits per heavy atom. The second-order valence-corrected chi connectivity index (χ2v) is 8.69. The van der Waals surface area contributed by atoms with Gasteiger partial charge in [0.15, 0.2) is 0 Å². The first-order valence-electron chi connectivity index (χ1n) is 8.95. The van der Waals surface area contributed by atoms with Crippen LogP contribution in [-0.2, 0) is 14.3 Å². The zero-order chi connectivity index (χ0) is 18.3. The molecular weight excluding hydrogens is 342 g/mol. The van der Waals surface area contributed by atoms with E-state index in [-0.39, 0.29) is 24.4 Å². The molecule has 1 atom stereocenters. The predicted molar refractivity (Wildman–Crippen MR) is 98.9 cm³/mol. The van der Waals surface area contributed by atoms with Crippen molar-refractivity contribution in [1.82, 2.24) is 15.5 Å². The normalized spacial score (nSPS) is 24.8. The fourth-order valence-electron chi connectivity index (χ4n) is 3.08. The maximum absolute atomic E-state index is 12.1. The first-order valence-corrected chi connectivity index (χ1v) is 10.1. The van der Waals surface area contributed by atoms with Gasteiger partial charge in [-0.15, -0.1) is 0 Å². The number of nitrogens with zero attached hydrogens (tertiary/aromatic N) is 1. The van der Waals surface area contributed by atoms with Crippen LogP contribution in [0.4, 0.5) is 4.79 Å². The highest BCUT2D eigenvalue weighted by Crippen LogP contribution is 2.33. The van der Waals surface area contributed by atoms with Crippen LogP contribution >= 0.6 is 11.8 Å². The average molecular weight is 374 g/mol. The fraction of sp³-hybridized carbons (Fsp3) is 0.882. The molecule has 2 saturated heterocycles. The van der Waals surface area contributed by atoms with Gasteiger partial charge < -0.3 is 20.1 Å². The van der Waals surface area contributed by atoms with Crippen LogP contribution in [0.5, 0.6) is 0 Å². The van der Waals surface area contributed by atoms with E-state index in [4.69, 9.17) is 9.47 Å². The van der Waals surface area contributed by atoms with Crippen LogP contribution < -0.4 is 10.6 Å². The second kappa shape index (κ2) is 9.09. The van der Waals surface area contributed by atoms with Crippen molar-refractivity contribution in [3.63, 3.8) is 0 Å². The van der Waals surface area contributed by atoms with Crippen LogP contribution in [0.25, 0.3) is 0 Å². The highest BCUT2D eigenvalue weighted by Gasteiger charge is 2.40. The molecule has 0 bridgehead atoms. The van der Waals surface area contributed by atoms with Crippen LogP contribution in [0.15, 0.2) is 0 Å².